The Balaban J connectivity index is 1.72. The Hall–Kier alpha value is -2.70. The highest BCUT2D eigenvalue weighted by molar-refractivity contribution is 5.76. The quantitative estimate of drug-likeness (QED) is 0.858. The zero-order valence-electron chi connectivity index (χ0n) is 14.7. The van der Waals surface area contributed by atoms with Crippen LogP contribution in [0.3, 0.4) is 0 Å². The number of rotatable bonds is 5. The molecule has 0 atom stereocenters. The van der Waals surface area contributed by atoms with Crippen molar-refractivity contribution >= 4 is 18.2 Å². The molecule has 3 amide bonds. The van der Waals surface area contributed by atoms with E-state index < -0.39 is 0 Å². The van der Waals surface area contributed by atoms with Gasteiger partial charge in [0, 0.05) is 25.3 Å². The molecule has 1 aliphatic heterocycles. The molecule has 2 rings (SSSR count). The van der Waals surface area contributed by atoms with Crippen LogP contribution >= 0.6 is 0 Å². The molecule has 1 aliphatic rings. The van der Waals surface area contributed by atoms with Gasteiger partial charge in [-0.15, -0.1) is 0 Å². The SMILES string of the molecule is CCOC(=O)N1CCC(NC(=O)N/C=C/c2cccc(OC)c2)CC1. The largest absolute Gasteiger partial charge is 0.497 e. The fourth-order valence-electron chi connectivity index (χ4n) is 2.61. The molecule has 1 aromatic rings. The molecule has 1 saturated heterocycles. The number of amides is 3. The molecule has 7 nitrogen and oxygen atoms in total. The van der Waals surface area contributed by atoms with Crippen molar-refractivity contribution in [3.8, 4) is 5.75 Å². The molecule has 0 unspecified atom stereocenters. The zero-order valence-corrected chi connectivity index (χ0v) is 14.7. The van der Waals surface area contributed by atoms with Gasteiger partial charge in [0.15, 0.2) is 0 Å². The highest BCUT2D eigenvalue weighted by Gasteiger charge is 2.24. The molecule has 0 saturated carbocycles. The maximum absolute atomic E-state index is 11.9. The summed E-state index contributed by atoms with van der Waals surface area (Å²) in [6, 6.07) is 7.34. The Morgan fingerprint density at radius 2 is 2.08 bits per heavy atom. The van der Waals surface area contributed by atoms with E-state index >= 15 is 0 Å². The van der Waals surface area contributed by atoms with Crippen molar-refractivity contribution in [2.45, 2.75) is 25.8 Å². The first-order valence-electron chi connectivity index (χ1n) is 8.41. The van der Waals surface area contributed by atoms with Crippen LogP contribution < -0.4 is 15.4 Å². The monoisotopic (exact) mass is 347 g/mol. The van der Waals surface area contributed by atoms with Gasteiger partial charge in [0.2, 0.25) is 0 Å². The normalized spacial score (nSPS) is 15.0. The minimum absolute atomic E-state index is 0.0518. The third-order valence-corrected chi connectivity index (χ3v) is 3.94. The standard InChI is InChI=1S/C18H25N3O4/c1-3-25-18(23)21-11-8-15(9-12-21)20-17(22)19-10-7-14-5-4-6-16(13-14)24-2/h4-7,10,13,15H,3,8-9,11-12H2,1-2H3,(H2,19,20,22)/b10-7+. The number of benzene rings is 1. The Bertz CT molecular complexity index is 610. The topological polar surface area (TPSA) is 79.9 Å². The van der Waals surface area contributed by atoms with E-state index in [9.17, 15) is 9.59 Å². The van der Waals surface area contributed by atoms with E-state index in [-0.39, 0.29) is 18.2 Å². The number of likely N-dealkylation sites (tertiary alicyclic amines) is 1. The number of hydrogen-bond acceptors (Lipinski definition) is 4. The predicted molar refractivity (Wildman–Crippen MR) is 95.3 cm³/mol. The third kappa shape index (κ3) is 6.02. The summed E-state index contributed by atoms with van der Waals surface area (Å²) in [5.74, 6) is 0.764. The van der Waals surface area contributed by atoms with Gasteiger partial charge < -0.3 is 25.0 Å². The average Bonchev–Trinajstić information content (AvgIpc) is 2.62. The number of piperidine rings is 1. The summed E-state index contributed by atoms with van der Waals surface area (Å²) in [7, 11) is 1.61. The molecule has 25 heavy (non-hydrogen) atoms. The van der Waals surface area contributed by atoms with Crippen molar-refractivity contribution < 1.29 is 19.1 Å². The number of carbonyl (C=O) groups is 2. The Labute approximate surface area is 148 Å². The van der Waals surface area contributed by atoms with Crippen LogP contribution in [0.25, 0.3) is 6.08 Å². The minimum atomic E-state index is -0.286. The Kier molecular flexibility index (Phi) is 7.13. The van der Waals surface area contributed by atoms with E-state index in [0.29, 0.717) is 32.5 Å². The molecule has 136 valence electrons. The lowest BCUT2D eigenvalue weighted by Crippen LogP contribution is -2.48. The molecular weight excluding hydrogens is 322 g/mol. The van der Waals surface area contributed by atoms with E-state index in [1.54, 1.807) is 31.2 Å². The second-order valence-electron chi connectivity index (χ2n) is 5.69. The van der Waals surface area contributed by atoms with Gasteiger partial charge in [0.1, 0.15) is 5.75 Å². The predicted octanol–water partition coefficient (Wildman–Crippen LogP) is 2.59. The first-order valence-corrected chi connectivity index (χ1v) is 8.41. The molecule has 1 heterocycles. The maximum atomic E-state index is 11.9. The van der Waals surface area contributed by atoms with Gasteiger partial charge in [-0.1, -0.05) is 12.1 Å². The van der Waals surface area contributed by atoms with Gasteiger partial charge in [-0.3, -0.25) is 0 Å². The molecule has 2 N–H and O–H groups in total. The second kappa shape index (κ2) is 9.56. The highest BCUT2D eigenvalue weighted by atomic mass is 16.6. The Morgan fingerprint density at radius 3 is 2.76 bits per heavy atom. The fraction of sp³-hybridized carbons (Fsp3) is 0.444. The van der Waals surface area contributed by atoms with Crippen LogP contribution in [0.15, 0.2) is 30.5 Å². The third-order valence-electron chi connectivity index (χ3n) is 3.94. The maximum Gasteiger partial charge on any atom is 0.409 e. The van der Waals surface area contributed by atoms with Crippen LogP contribution in [0, 0.1) is 0 Å². The van der Waals surface area contributed by atoms with Gasteiger partial charge in [0.05, 0.1) is 13.7 Å². The number of urea groups is 1. The molecule has 7 heteroatoms. The number of ether oxygens (including phenoxy) is 2. The summed E-state index contributed by atoms with van der Waals surface area (Å²) < 4.78 is 10.1. The number of carbonyl (C=O) groups excluding carboxylic acids is 2. The van der Waals surface area contributed by atoms with Gasteiger partial charge in [0.25, 0.3) is 0 Å². The summed E-state index contributed by atoms with van der Waals surface area (Å²) in [6.07, 6.45) is 4.53. The smallest absolute Gasteiger partial charge is 0.409 e. The number of nitrogens with zero attached hydrogens (tertiary/aromatic N) is 1. The molecule has 0 spiro atoms. The second-order valence-corrected chi connectivity index (χ2v) is 5.69. The summed E-state index contributed by atoms with van der Waals surface area (Å²) >= 11 is 0. The summed E-state index contributed by atoms with van der Waals surface area (Å²) in [6.45, 7) is 3.33. The van der Waals surface area contributed by atoms with Crippen LogP contribution in [0.1, 0.15) is 25.3 Å². The lowest BCUT2D eigenvalue weighted by Gasteiger charge is -2.31. The first kappa shape index (κ1) is 18.6. The molecule has 1 fully saturated rings. The van der Waals surface area contributed by atoms with Crippen molar-refractivity contribution in [2.75, 3.05) is 26.8 Å². The Morgan fingerprint density at radius 1 is 1.32 bits per heavy atom. The molecule has 0 radical (unpaired) electrons. The number of methoxy groups -OCH3 is 1. The molecular formula is C18H25N3O4. The van der Waals surface area contributed by atoms with E-state index in [1.165, 1.54) is 0 Å². The van der Waals surface area contributed by atoms with Crippen molar-refractivity contribution in [3.05, 3.63) is 36.0 Å². The van der Waals surface area contributed by atoms with Gasteiger partial charge in [-0.2, -0.15) is 0 Å². The highest BCUT2D eigenvalue weighted by Crippen LogP contribution is 2.13. The van der Waals surface area contributed by atoms with E-state index in [4.69, 9.17) is 9.47 Å². The fourth-order valence-corrected chi connectivity index (χ4v) is 2.61. The van der Waals surface area contributed by atoms with Crippen molar-refractivity contribution in [3.63, 3.8) is 0 Å². The van der Waals surface area contributed by atoms with Gasteiger partial charge in [-0.25, -0.2) is 9.59 Å². The van der Waals surface area contributed by atoms with E-state index in [1.807, 2.05) is 24.3 Å². The van der Waals surface area contributed by atoms with Gasteiger partial charge in [-0.05, 0) is 43.5 Å². The number of hydrogen-bond donors (Lipinski definition) is 2. The summed E-state index contributed by atoms with van der Waals surface area (Å²) in [5.41, 5.74) is 0.933. The van der Waals surface area contributed by atoms with Crippen LogP contribution in [0.5, 0.6) is 5.75 Å². The summed E-state index contributed by atoms with van der Waals surface area (Å²) in [4.78, 5) is 25.2. The van der Waals surface area contributed by atoms with Crippen LogP contribution in [0.2, 0.25) is 0 Å². The minimum Gasteiger partial charge on any atom is -0.497 e. The van der Waals surface area contributed by atoms with E-state index in [0.717, 1.165) is 11.3 Å². The average molecular weight is 347 g/mol. The van der Waals surface area contributed by atoms with E-state index in [2.05, 4.69) is 10.6 Å². The van der Waals surface area contributed by atoms with Gasteiger partial charge >= 0.3 is 12.1 Å². The molecule has 0 bridgehead atoms. The van der Waals surface area contributed by atoms with Crippen molar-refractivity contribution in [2.24, 2.45) is 0 Å². The lowest BCUT2D eigenvalue weighted by molar-refractivity contribution is 0.0958. The van der Waals surface area contributed by atoms with Crippen LogP contribution in [-0.2, 0) is 4.74 Å². The van der Waals surface area contributed by atoms with Crippen molar-refractivity contribution in [1.82, 2.24) is 15.5 Å². The van der Waals surface area contributed by atoms with Crippen LogP contribution in [-0.4, -0.2) is 49.9 Å². The lowest BCUT2D eigenvalue weighted by atomic mass is 10.1. The molecule has 0 aliphatic carbocycles. The summed E-state index contributed by atoms with van der Waals surface area (Å²) in [5, 5.41) is 5.61. The van der Waals surface area contributed by atoms with Crippen molar-refractivity contribution in [1.29, 1.82) is 0 Å². The van der Waals surface area contributed by atoms with Crippen LogP contribution in [0.4, 0.5) is 9.59 Å². The zero-order chi connectivity index (χ0) is 18.1. The number of nitrogens with one attached hydrogen (secondary N) is 2. The molecule has 0 aromatic heterocycles. The molecule has 1 aromatic carbocycles. The first-order chi connectivity index (χ1) is 12.1.